The molecule has 0 bridgehead atoms. The smallest absolute Gasteiger partial charge is 0.255 e. The number of piperazine rings is 1. The molecule has 3 N–H and O–H groups in total. The highest BCUT2D eigenvalue weighted by Gasteiger charge is 2.40. The average Bonchev–Trinajstić information content (AvgIpc) is 3.99. The van der Waals surface area contributed by atoms with Crippen LogP contribution in [0.4, 0.5) is 34.5 Å². The van der Waals surface area contributed by atoms with E-state index in [4.69, 9.17) is 9.72 Å². The van der Waals surface area contributed by atoms with Crippen molar-refractivity contribution in [3.63, 3.8) is 0 Å². The van der Waals surface area contributed by atoms with Crippen LogP contribution in [-0.2, 0) is 31.9 Å². The fraction of sp³-hybridized carbons (Fsp3) is 0.440. The molecular formula is C50H58BrN12O6P. The van der Waals surface area contributed by atoms with Crippen LogP contribution in [-0.4, -0.2) is 143 Å². The number of hydrogen-bond acceptors (Lipinski definition) is 15. The van der Waals surface area contributed by atoms with Gasteiger partial charge < -0.3 is 39.5 Å². The number of piperidine rings is 2. The minimum atomic E-state index is -2.79. The molecule has 4 amide bonds. The van der Waals surface area contributed by atoms with Crippen molar-refractivity contribution in [1.82, 2.24) is 40.0 Å². The summed E-state index contributed by atoms with van der Waals surface area (Å²) in [7, 11) is -1.12. The van der Waals surface area contributed by atoms with Gasteiger partial charge in [0.2, 0.25) is 23.7 Å². The summed E-state index contributed by atoms with van der Waals surface area (Å²) in [5, 5.41) is 9.75. The van der Waals surface area contributed by atoms with E-state index in [0.29, 0.717) is 75.1 Å². The second-order valence-corrected chi connectivity index (χ2v) is 23.2. The number of aromatic nitrogens is 4. The Morgan fingerprint density at radius 1 is 0.886 bits per heavy atom. The highest BCUT2D eigenvalue weighted by molar-refractivity contribution is 9.10. The fourth-order valence-electron chi connectivity index (χ4n) is 10.9. The average molecular weight is 1030 g/mol. The molecule has 10 rings (SSSR count). The van der Waals surface area contributed by atoms with Crippen molar-refractivity contribution in [3.8, 4) is 5.75 Å². The molecule has 2 atom stereocenters. The van der Waals surface area contributed by atoms with Gasteiger partial charge in [-0.15, -0.1) is 0 Å². The first-order valence-corrected chi connectivity index (χ1v) is 27.5. The topological polar surface area (TPSA) is 198 Å². The van der Waals surface area contributed by atoms with Gasteiger partial charge in [0.05, 0.1) is 39.7 Å². The Kier molecular flexibility index (Phi) is 13.3. The number of ether oxygens (including phenoxy) is 1. The molecule has 4 saturated heterocycles. The van der Waals surface area contributed by atoms with Crippen molar-refractivity contribution in [3.05, 3.63) is 82.2 Å². The maximum absolute atomic E-state index is 13.9. The molecule has 0 saturated carbocycles. The molecule has 4 fully saturated rings. The summed E-state index contributed by atoms with van der Waals surface area (Å²) in [6.07, 6.45) is 9.10. The van der Waals surface area contributed by atoms with E-state index in [-0.39, 0.29) is 30.1 Å². The summed E-state index contributed by atoms with van der Waals surface area (Å²) in [4.78, 5) is 80.6. The van der Waals surface area contributed by atoms with Gasteiger partial charge in [0, 0.05) is 113 Å². The predicted molar refractivity (Wildman–Crippen MR) is 273 cm³/mol. The Balaban J connectivity index is 0.728. The molecule has 5 aliphatic heterocycles. The fourth-order valence-corrected chi connectivity index (χ4v) is 12.6. The molecule has 1 unspecified atom stereocenters. The number of benzene rings is 3. The Labute approximate surface area is 415 Å². The van der Waals surface area contributed by atoms with E-state index in [1.807, 2.05) is 30.3 Å². The van der Waals surface area contributed by atoms with Gasteiger partial charge in [-0.1, -0.05) is 6.92 Å². The van der Waals surface area contributed by atoms with Crippen LogP contribution in [0, 0.1) is 5.92 Å². The number of methoxy groups -OCH3 is 1. The van der Waals surface area contributed by atoms with Crippen molar-refractivity contribution in [2.45, 2.75) is 64.1 Å². The van der Waals surface area contributed by atoms with E-state index in [9.17, 15) is 23.7 Å². The van der Waals surface area contributed by atoms with Crippen LogP contribution >= 0.6 is 23.1 Å². The lowest BCUT2D eigenvalue weighted by atomic mass is 9.99. The van der Waals surface area contributed by atoms with E-state index in [1.165, 1.54) is 5.56 Å². The summed E-state index contributed by atoms with van der Waals surface area (Å²) < 4.78 is 20.2. The van der Waals surface area contributed by atoms with E-state index in [0.717, 1.165) is 94.1 Å². The van der Waals surface area contributed by atoms with Crippen LogP contribution in [0.5, 0.6) is 5.75 Å². The SMILES string of the molecule is CCc1cc(Nc2ncc(Br)c(Nc3ccc4nccnc4c3P(C)(C)=O)n2)c(OC)cc1N1CCC(N2CCN(C(=O)[C@H]3CCN(c4ccc5c(c4)CN(C4CCC(=O)NC4=O)C5=O)C3)CC2)CC1. The second kappa shape index (κ2) is 19.6. The van der Waals surface area contributed by atoms with Crippen LogP contribution in [0.3, 0.4) is 0 Å². The Hall–Kier alpha value is -6.17. The van der Waals surface area contributed by atoms with E-state index < -0.39 is 19.1 Å². The summed E-state index contributed by atoms with van der Waals surface area (Å²) in [5.41, 5.74) is 7.42. The third-order valence-corrected chi connectivity index (χ3v) is 16.6. The summed E-state index contributed by atoms with van der Waals surface area (Å²) in [5.74, 6) is 0.771. The number of nitrogens with zero attached hydrogens (tertiary/aromatic N) is 9. The lowest BCUT2D eigenvalue weighted by molar-refractivity contribution is -0.138. The van der Waals surface area contributed by atoms with Crippen LogP contribution in [0.15, 0.2) is 65.5 Å². The summed E-state index contributed by atoms with van der Waals surface area (Å²) in [6.45, 7) is 12.3. The minimum absolute atomic E-state index is 0.0855. The maximum atomic E-state index is 13.9. The molecule has 18 nitrogen and oxygen atoms in total. The number of amides is 4. The molecule has 20 heteroatoms. The van der Waals surface area contributed by atoms with E-state index in [1.54, 1.807) is 43.9 Å². The van der Waals surface area contributed by atoms with Gasteiger partial charge in [0.15, 0.2) is 0 Å². The summed E-state index contributed by atoms with van der Waals surface area (Å²) >= 11 is 3.60. The minimum Gasteiger partial charge on any atom is -0.494 e. The molecular weight excluding hydrogens is 976 g/mol. The third-order valence-electron chi connectivity index (χ3n) is 14.5. The first-order valence-electron chi connectivity index (χ1n) is 24.1. The number of imide groups is 1. The van der Waals surface area contributed by atoms with Gasteiger partial charge in [0.1, 0.15) is 30.3 Å². The van der Waals surface area contributed by atoms with Gasteiger partial charge in [-0.05, 0) is 109 Å². The monoisotopic (exact) mass is 1030 g/mol. The molecule has 7 heterocycles. The number of hydrogen-bond donors (Lipinski definition) is 3. The number of nitrogens with one attached hydrogen (secondary N) is 3. The third kappa shape index (κ3) is 9.42. The van der Waals surface area contributed by atoms with Crippen LogP contribution in [0.1, 0.15) is 60.5 Å². The van der Waals surface area contributed by atoms with Crippen LogP contribution < -0.4 is 35.8 Å². The first kappa shape index (κ1) is 47.5. The molecule has 5 aromatic rings. The Morgan fingerprint density at radius 3 is 2.40 bits per heavy atom. The molecule has 0 radical (unpaired) electrons. The number of rotatable bonds is 12. The number of carbonyl (C=O) groups excluding carboxylic acids is 4. The molecule has 0 aliphatic carbocycles. The van der Waals surface area contributed by atoms with Gasteiger partial charge in [-0.2, -0.15) is 4.98 Å². The van der Waals surface area contributed by atoms with Crippen molar-refractivity contribution < 1.29 is 28.5 Å². The molecule has 2 aromatic heterocycles. The summed E-state index contributed by atoms with van der Waals surface area (Å²) in [6, 6.07) is 13.5. The Morgan fingerprint density at radius 2 is 1.66 bits per heavy atom. The lowest BCUT2D eigenvalue weighted by Crippen LogP contribution is -2.55. The van der Waals surface area contributed by atoms with Gasteiger partial charge in [-0.25, -0.2) is 4.98 Å². The van der Waals surface area contributed by atoms with Gasteiger partial charge >= 0.3 is 0 Å². The molecule has 3 aromatic carbocycles. The predicted octanol–water partition coefficient (Wildman–Crippen LogP) is 5.89. The maximum Gasteiger partial charge on any atom is 0.255 e. The molecule has 70 heavy (non-hydrogen) atoms. The zero-order valence-corrected chi connectivity index (χ0v) is 42.4. The number of halogens is 1. The van der Waals surface area contributed by atoms with E-state index in [2.05, 4.69) is 85.5 Å². The molecule has 0 spiro atoms. The van der Waals surface area contributed by atoms with Gasteiger partial charge in [-0.3, -0.25) is 39.4 Å². The van der Waals surface area contributed by atoms with Crippen LogP contribution in [0.25, 0.3) is 11.0 Å². The van der Waals surface area contributed by atoms with E-state index >= 15 is 0 Å². The first-order chi connectivity index (χ1) is 33.8. The van der Waals surface area contributed by atoms with Crippen molar-refractivity contribution in [1.29, 1.82) is 0 Å². The normalized spacial score (nSPS) is 20.3. The Bertz CT molecular complexity index is 2940. The van der Waals surface area contributed by atoms with Gasteiger partial charge in [0.25, 0.3) is 5.91 Å². The number of carbonyl (C=O) groups is 4. The molecule has 366 valence electrons. The zero-order chi connectivity index (χ0) is 48.8. The molecule has 5 aliphatic rings. The highest BCUT2D eigenvalue weighted by atomic mass is 79.9. The van der Waals surface area contributed by atoms with Crippen molar-refractivity contribution in [2.75, 3.05) is 93.2 Å². The standard InChI is InChI=1S/C50H58BrN12O6P/c1-5-30-25-39(56-50-54-27-36(51)46(58-50)55-38-9-8-37-44(53-16-15-52-37)45(38)70(3,4)68)42(69-2)26-41(30)60-18-13-33(14-19-60)59-20-22-61(23-21-59)48(66)31-12-17-62(28-31)34-6-7-35-32(24-34)29-63(49(35)67)40-10-11-43(64)57-47(40)65/h6-9,15-16,24-27,31,33,40H,5,10-14,17-23,28-29H2,1-4H3,(H,57,64,65)(H2,54,55,56,58)/t31-,40?/m0/s1. The second-order valence-electron chi connectivity index (χ2n) is 19.2. The number of aryl methyl sites for hydroxylation is 1. The number of fused-ring (bicyclic) bond motifs is 2. The van der Waals surface area contributed by atoms with Crippen LogP contribution in [0.2, 0.25) is 0 Å². The number of anilines is 6. The highest BCUT2D eigenvalue weighted by Crippen LogP contribution is 2.42. The lowest BCUT2D eigenvalue weighted by Gasteiger charge is -2.44. The largest absolute Gasteiger partial charge is 0.494 e. The quantitative estimate of drug-likeness (QED) is 0.0988. The van der Waals surface area contributed by atoms with Crippen molar-refractivity contribution >= 4 is 97.6 Å². The van der Waals surface area contributed by atoms with Crippen molar-refractivity contribution in [2.24, 2.45) is 5.92 Å². The zero-order valence-electron chi connectivity index (χ0n) is 39.9.